The van der Waals surface area contributed by atoms with Gasteiger partial charge in [-0.05, 0) is 31.4 Å². The summed E-state index contributed by atoms with van der Waals surface area (Å²) in [6.45, 7) is 5.27. The van der Waals surface area contributed by atoms with Crippen LogP contribution < -0.4 is 15.8 Å². The van der Waals surface area contributed by atoms with Crippen molar-refractivity contribution in [3.63, 3.8) is 0 Å². The fourth-order valence-electron chi connectivity index (χ4n) is 5.02. The van der Waals surface area contributed by atoms with E-state index >= 15 is 0 Å². The highest BCUT2D eigenvalue weighted by molar-refractivity contribution is 7.14. The van der Waals surface area contributed by atoms with Crippen LogP contribution in [0.15, 0.2) is 36.8 Å². The molecule has 2 aliphatic rings. The van der Waals surface area contributed by atoms with E-state index in [4.69, 9.17) is 15.2 Å². The van der Waals surface area contributed by atoms with Crippen LogP contribution in [0.25, 0.3) is 21.6 Å². The van der Waals surface area contributed by atoms with E-state index in [0.717, 1.165) is 77.5 Å². The fraction of sp³-hybridized carbons (Fsp3) is 0.444. The number of ether oxygens (including phenoxy) is 2. The number of fused-ring (bicyclic) bond motifs is 1. The molecule has 0 amide bonds. The number of nitrogens with one attached hydrogen (secondary N) is 1. The van der Waals surface area contributed by atoms with Crippen LogP contribution in [0.2, 0.25) is 0 Å². The molecule has 0 atom stereocenters. The Morgan fingerprint density at radius 1 is 1.03 bits per heavy atom. The van der Waals surface area contributed by atoms with Crippen LogP contribution >= 0.6 is 11.3 Å². The van der Waals surface area contributed by atoms with E-state index in [1.165, 1.54) is 25.7 Å². The molecule has 2 fully saturated rings. The van der Waals surface area contributed by atoms with Crippen molar-refractivity contribution in [1.29, 1.82) is 0 Å². The van der Waals surface area contributed by atoms with Gasteiger partial charge in [0.25, 0.3) is 0 Å². The van der Waals surface area contributed by atoms with Crippen molar-refractivity contribution in [2.75, 3.05) is 50.5 Å². The normalized spacial score (nSPS) is 16.7. The van der Waals surface area contributed by atoms with Crippen LogP contribution in [0.4, 0.5) is 17.2 Å². The van der Waals surface area contributed by atoms with E-state index in [-0.39, 0.29) is 0 Å². The third-order valence-corrected chi connectivity index (χ3v) is 8.18. The number of rotatable bonds is 9. The van der Waals surface area contributed by atoms with Gasteiger partial charge >= 0.3 is 0 Å². The van der Waals surface area contributed by atoms with Crippen LogP contribution in [0.1, 0.15) is 43.0 Å². The van der Waals surface area contributed by atoms with Gasteiger partial charge in [0.05, 0.1) is 66.4 Å². The van der Waals surface area contributed by atoms with Crippen molar-refractivity contribution in [3.05, 3.63) is 41.8 Å². The summed E-state index contributed by atoms with van der Waals surface area (Å²) in [6.07, 6.45) is 11.1. The molecule has 1 aliphatic heterocycles. The van der Waals surface area contributed by atoms with Gasteiger partial charge in [0.15, 0.2) is 5.01 Å². The van der Waals surface area contributed by atoms with Crippen LogP contribution in [-0.4, -0.2) is 69.5 Å². The summed E-state index contributed by atoms with van der Waals surface area (Å²) in [4.78, 5) is 16.0. The van der Waals surface area contributed by atoms with Crippen molar-refractivity contribution in [3.8, 4) is 16.3 Å². The molecular formula is C27H32N8O2S. The molecule has 0 radical (unpaired) electrons. The first-order valence-corrected chi connectivity index (χ1v) is 14.1. The Balaban J connectivity index is 1.10. The lowest BCUT2D eigenvalue weighted by molar-refractivity contribution is 0.0358. The molecule has 10 nitrogen and oxygen atoms in total. The van der Waals surface area contributed by atoms with Gasteiger partial charge in [0, 0.05) is 31.6 Å². The minimum atomic E-state index is 0.430. The van der Waals surface area contributed by atoms with Crippen LogP contribution in [0.5, 0.6) is 5.75 Å². The smallest absolute Gasteiger partial charge is 0.151 e. The second-order valence-corrected chi connectivity index (χ2v) is 10.8. The summed E-state index contributed by atoms with van der Waals surface area (Å²) in [5.41, 5.74) is 10.2. The fourth-order valence-corrected chi connectivity index (χ4v) is 6.06. The number of pyridine rings is 3. The maximum atomic E-state index is 6.35. The monoisotopic (exact) mass is 532 g/mol. The van der Waals surface area contributed by atoms with E-state index < -0.39 is 0 Å². The zero-order chi connectivity index (χ0) is 25.7. The Labute approximate surface area is 225 Å². The summed E-state index contributed by atoms with van der Waals surface area (Å²) in [5, 5.41) is 14.1. The topological polar surface area (TPSA) is 124 Å². The molecule has 3 N–H and O–H groups in total. The number of morpholine rings is 1. The van der Waals surface area contributed by atoms with Gasteiger partial charge in [-0.15, -0.1) is 10.2 Å². The predicted molar refractivity (Wildman–Crippen MR) is 149 cm³/mol. The molecule has 4 aromatic rings. The largest absolute Gasteiger partial charge is 0.492 e. The third-order valence-electron chi connectivity index (χ3n) is 7.06. The van der Waals surface area contributed by atoms with E-state index in [1.807, 2.05) is 18.2 Å². The number of nitrogen functional groups attached to an aromatic ring is 1. The molecule has 1 saturated heterocycles. The second-order valence-electron chi connectivity index (χ2n) is 9.80. The standard InChI is InChI=1S/C27H32N8O2S/c28-25-22(27-34-33-26(38-27)18-4-1-2-5-18)14-23-24(32-25)13-20(16-30-23)31-19-12-21(17-29-15-19)37-9-3-6-35-7-10-36-11-8-35/h12-18,31H,1-11H2,(H2,28,32). The molecule has 1 saturated carbocycles. The van der Waals surface area contributed by atoms with Gasteiger partial charge < -0.3 is 20.5 Å². The molecule has 6 rings (SSSR count). The van der Waals surface area contributed by atoms with E-state index in [9.17, 15) is 0 Å². The Morgan fingerprint density at radius 2 is 1.87 bits per heavy atom. The maximum Gasteiger partial charge on any atom is 0.151 e. The Morgan fingerprint density at radius 3 is 2.74 bits per heavy atom. The van der Waals surface area contributed by atoms with Crippen molar-refractivity contribution >= 4 is 39.6 Å². The Hall–Kier alpha value is -3.41. The number of nitrogens with zero attached hydrogens (tertiary/aromatic N) is 6. The van der Waals surface area contributed by atoms with Crippen molar-refractivity contribution in [2.45, 2.75) is 38.0 Å². The number of nitrogens with two attached hydrogens (primary N) is 1. The van der Waals surface area contributed by atoms with Gasteiger partial charge in [0.1, 0.15) is 16.6 Å². The number of hydrogen-bond donors (Lipinski definition) is 2. The summed E-state index contributed by atoms with van der Waals surface area (Å²) in [6, 6.07) is 5.82. The average Bonchev–Trinajstić information content (AvgIpc) is 3.64. The third kappa shape index (κ3) is 5.85. The summed E-state index contributed by atoms with van der Waals surface area (Å²) in [5.74, 6) is 1.68. The van der Waals surface area contributed by atoms with Crippen molar-refractivity contribution in [1.82, 2.24) is 30.0 Å². The lowest BCUT2D eigenvalue weighted by Crippen LogP contribution is -2.37. The highest BCUT2D eigenvalue weighted by Gasteiger charge is 2.22. The second kappa shape index (κ2) is 11.5. The summed E-state index contributed by atoms with van der Waals surface area (Å²) >= 11 is 1.62. The zero-order valence-corrected chi connectivity index (χ0v) is 22.1. The number of hydrogen-bond acceptors (Lipinski definition) is 11. The highest BCUT2D eigenvalue weighted by atomic mass is 32.1. The molecule has 0 aromatic carbocycles. The van der Waals surface area contributed by atoms with Crippen LogP contribution in [0, 0.1) is 0 Å². The molecule has 11 heteroatoms. The highest BCUT2D eigenvalue weighted by Crippen LogP contribution is 2.39. The van der Waals surface area contributed by atoms with E-state index in [2.05, 4.69) is 35.4 Å². The first-order valence-electron chi connectivity index (χ1n) is 13.3. The molecule has 198 valence electrons. The summed E-state index contributed by atoms with van der Waals surface area (Å²) in [7, 11) is 0. The lowest BCUT2D eigenvalue weighted by Gasteiger charge is -2.26. The zero-order valence-electron chi connectivity index (χ0n) is 21.3. The van der Waals surface area contributed by atoms with Crippen LogP contribution in [0.3, 0.4) is 0 Å². The van der Waals surface area contributed by atoms with Gasteiger partial charge in [0.2, 0.25) is 0 Å². The minimum Gasteiger partial charge on any atom is -0.492 e. The molecule has 4 aromatic heterocycles. The molecular weight excluding hydrogens is 500 g/mol. The van der Waals surface area contributed by atoms with E-state index in [1.54, 1.807) is 29.9 Å². The number of anilines is 3. The predicted octanol–water partition coefficient (Wildman–Crippen LogP) is 4.63. The molecule has 0 bridgehead atoms. The molecule has 38 heavy (non-hydrogen) atoms. The quantitative estimate of drug-likeness (QED) is 0.295. The maximum absolute atomic E-state index is 6.35. The van der Waals surface area contributed by atoms with Gasteiger partial charge in [-0.3, -0.25) is 14.9 Å². The molecule has 5 heterocycles. The first kappa shape index (κ1) is 24.9. The SMILES string of the molecule is Nc1nc2cc(Nc3cncc(OCCCN4CCOCC4)c3)cnc2cc1-c1nnc(C2CCCC2)s1. The van der Waals surface area contributed by atoms with Crippen molar-refractivity contribution in [2.24, 2.45) is 0 Å². The van der Waals surface area contributed by atoms with Gasteiger partial charge in [-0.25, -0.2) is 4.98 Å². The average molecular weight is 533 g/mol. The summed E-state index contributed by atoms with van der Waals surface area (Å²) < 4.78 is 11.3. The first-order chi connectivity index (χ1) is 18.7. The molecule has 0 unspecified atom stereocenters. The Kier molecular flexibility index (Phi) is 7.56. The Bertz CT molecular complexity index is 1380. The minimum absolute atomic E-state index is 0.430. The molecule has 0 spiro atoms. The molecule has 1 aliphatic carbocycles. The number of aromatic nitrogens is 5. The van der Waals surface area contributed by atoms with E-state index in [0.29, 0.717) is 23.9 Å². The van der Waals surface area contributed by atoms with Crippen LogP contribution in [-0.2, 0) is 4.74 Å². The van der Waals surface area contributed by atoms with Gasteiger partial charge in [-0.2, -0.15) is 0 Å². The van der Waals surface area contributed by atoms with Crippen molar-refractivity contribution < 1.29 is 9.47 Å². The lowest BCUT2D eigenvalue weighted by atomic mass is 10.1. The van der Waals surface area contributed by atoms with Gasteiger partial charge in [-0.1, -0.05) is 24.2 Å².